The van der Waals surface area contributed by atoms with Gasteiger partial charge in [0.1, 0.15) is 0 Å². The summed E-state index contributed by atoms with van der Waals surface area (Å²) in [6.45, 7) is 3.70. The fraction of sp³-hybridized carbons (Fsp3) is 0.308. The Morgan fingerprint density at radius 3 is 2.83 bits per heavy atom. The van der Waals surface area contributed by atoms with Crippen LogP contribution in [0.2, 0.25) is 10.0 Å². The van der Waals surface area contributed by atoms with Crippen molar-refractivity contribution >= 4 is 23.2 Å². The van der Waals surface area contributed by atoms with Crippen molar-refractivity contribution in [1.29, 1.82) is 0 Å². The van der Waals surface area contributed by atoms with Crippen LogP contribution in [0.15, 0.2) is 28.8 Å². The number of oxazole rings is 1. The number of halogens is 2. The zero-order chi connectivity index (χ0) is 13.0. The molecule has 1 N–H and O–H groups in total. The first-order valence-electron chi connectivity index (χ1n) is 5.81. The van der Waals surface area contributed by atoms with E-state index in [1.807, 2.05) is 6.07 Å². The second kappa shape index (κ2) is 6.23. The Labute approximate surface area is 116 Å². The molecule has 0 fully saturated rings. The molecule has 0 saturated heterocycles. The van der Waals surface area contributed by atoms with Gasteiger partial charge in [-0.3, -0.25) is 0 Å². The number of benzene rings is 1. The molecule has 0 spiro atoms. The fourth-order valence-electron chi connectivity index (χ4n) is 1.55. The molecule has 1 aromatic carbocycles. The maximum absolute atomic E-state index is 5.97. The van der Waals surface area contributed by atoms with Crippen molar-refractivity contribution in [3.63, 3.8) is 0 Å². The van der Waals surface area contributed by atoms with Crippen molar-refractivity contribution in [3.8, 4) is 11.3 Å². The van der Waals surface area contributed by atoms with Gasteiger partial charge >= 0.3 is 0 Å². The molecule has 0 aliphatic rings. The summed E-state index contributed by atoms with van der Waals surface area (Å²) in [5.74, 6) is 1.37. The zero-order valence-corrected chi connectivity index (χ0v) is 11.6. The minimum absolute atomic E-state index is 0.510. The molecule has 5 heteroatoms. The van der Waals surface area contributed by atoms with E-state index < -0.39 is 0 Å². The third kappa shape index (κ3) is 3.25. The molecule has 3 nitrogen and oxygen atoms in total. The van der Waals surface area contributed by atoms with Gasteiger partial charge in [-0.15, -0.1) is 0 Å². The Morgan fingerprint density at radius 1 is 1.28 bits per heavy atom. The Kier molecular flexibility index (Phi) is 4.64. The van der Waals surface area contributed by atoms with Crippen molar-refractivity contribution in [2.75, 3.05) is 6.54 Å². The molecule has 0 aliphatic heterocycles. The van der Waals surface area contributed by atoms with E-state index in [2.05, 4.69) is 17.2 Å². The predicted octanol–water partition coefficient (Wildman–Crippen LogP) is 4.15. The lowest BCUT2D eigenvalue weighted by molar-refractivity contribution is 0.478. The smallest absolute Gasteiger partial charge is 0.208 e. The van der Waals surface area contributed by atoms with E-state index in [-0.39, 0.29) is 0 Å². The van der Waals surface area contributed by atoms with Crippen LogP contribution in [0.3, 0.4) is 0 Å². The van der Waals surface area contributed by atoms with Gasteiger partial charge in [-0.25, -0.2) is 4.98 Å². The van der Waals surface area contributed by atoms with Crippen LogP contribution in [0.5, 0.6) is 0 Å². The molecule has 0 saturated carbocycles. The van der Waals surface area contributed by atoms with Gasteiger partial charge in [0.2, 0.25) is 5.89 Å². The van der Waals surface area contributed by atoms with Crippen molar-refractivity contribution < 1.29 is 4.42 Å². The summed E-state index contributed by atoms with van der Waals surface area (Å²) in [6.07, 6.45) is 2.78. The topological polar surface area (TPSA) is 38.1 Å². The molecule has 0 aliphatic carbocycles. The lowest BCUT2D eigenvalue weighted by Gasteiger charge is -2.00. The number of nitrogens with one attached hydrogen (secondary N) is 1. The van der Waals surface area contributed by atoms with Crippen LogP contribution < -0.4 is 5.32 Å². The van der Waals surface area contributed by atoms with Crippen LogP contribution in [-0.4, -0.2) is 11.5 Å². The Bertz CT molecular complexity index is 525. The van der Waals surface area contributed by atoms with Crippen molar-refractivity contribution in [2.45, 2.75) is 19.9 Å². The van der Waals surface area contributed by atoms with Gasteiger partial charge < -0.3 is 9.73 Å². The van der Waals surface area contributed by atoms with Crippen LogP contribution in [0.4, 0.5) is 0 Å². The third-order valence-corrected chi connectivity index (χ3v) is 3.20. The lowest BCUT2D eigenvalue weighted by Crippen LogP contribution is -2.13. The number of rotatable bonds is 5. The van der Waals surface area contributed by atoms with E-state index in [4.69, 9.17) is 27.6 Å². The first kappa shape index (κ1) is 13.4. The molecule has 0 bridgehead atoms. The van der Waals surface area contributed by atoms with E-state index in [0.29, 0.717) is 28.2 Å². The fourth-order valence-corrected chi connectivity index (χ4v) is 1.85. The molecule has 0 unspecified atom stereocenters. The highest BCUT2D eigenvalue weighted by molar-refractivity contribution is 6.42. The van der Waals surface area contributed by atoms with Crippen LogP contribution >= 0.6 is 23.2 Å². The van der Waals surface area contributed by atoms with Crippen LogP contribution in [0, 0.1) is 0 Å². The summed E-state index contributed by atoms with van der Waals surface area (Å²) in [5.41, 5.74) is 0.874. The summed E-state index contributed by atoms with van der Waals surface area (Å²) in [6, 6.07) is 5.38. The van der Waals surface area contributed by atoms with Gasteiger partial charge in [0.15, 0.2) is 5.76 Å². The van der Waals surface area contributed by atoms with Crippen molar-refractivity contribution in [3.05, 3.63) is 40.3 Å². The van der Waals surface area contributed by atoms with Gasteiger partial charge in [-0.1, -0.05) is 30.1 Å². The third-order valence-electron chi connectivity index (χ3n) is 2.46. The Hall–Kier alpha value is -1.03. The van der Waals surface area contributed by atoms with Crippen LogP contribution in [0.25, 0.3) is 11.3 Å². The van der Waals surface area contributed by atoms with E-state index in [1.54, 1.807) is 18.3 Å². The van der Waals surface area contributed by atoms with Crippen molar-refractivity contribution in [1.82, 2.24) is 10.3 Å². The number of aromatic nitrogens is 1. The molecule has 0 radical (unpaired) electrons. The van der Waals surface area contributed by atoms with Gasteiger partial charge in [0.25, 0.3) is 0 Å². The normalized spacial score (nSPS) is 10.8. The van der Waals surface area contributed by atoms with E-state index in [9.17, 15) is 0 Å². The van der Waals surface area contributed by atoms with Crippen LogP contribution in [0.1, 0.15) is 19.2 Å². The quantitative estimate of drug-likeness (QED) is 0.839. The maximum atomic E-state index is 5.97. The largest absolute Gasteiger partial charge is 0.439 e. The highest BCUT2D eigenvalue weighted by Gasteiger charge is 2.07. The first-order valence-corrected chi connectivity index (χ1v) is 6.57. The molecular formula is C13H14Cl2N2O. The van der Waals surface area contributed by atoms with Gasteiger partial charge in [-0.05, 0) is 31.2 Å². The SMILES string of the molecule is CCCNCc1ncc(-c2ccc(Cl)c(Cl)c2)o1. The van der Waals surface area contributed by atoms with E-state index >= 15 is 0 Å². The Morgan fingerprint density at radius 2 is 2.11 bits per heavy atom. The van der Waals surface area contributed by atoms with Crippen molar-refractivity contribution in [2.24, 2.45) is 0 Å². The van der Waals surface area contributed by atoms with Gasteiger partial charge in [0.05, 0.1) is 22.8 Å². The molecule has 18 heavy (non-hydrogen) atoms. The summed E-state index contributed by atoms with van der Waals surface area (Å²) in [5, 5.41) is 4.28. The zero-order valence-electron chi connectivity index (χ0n) is 10.0. The molecule has 0 atom stereocenters. The average Bonchev–Trinajstić information content (AvgIpc) is 2.82. The van der Waals surface area contributed by atoms with Gasteiger partial charge in [-0.2, -0.15) is 0 Å². The summed E-state index contributed by atoms with van der Waals surface area (Å²) in [7, 11) is 0. The molecule has 0 amide bonds. The van der Waals surface area contributed by atoms with E-state index in [1.165, 1.54) is 0 Å². The molecule has 96 valence electrons. The summed E-state index contributed by atoms with van der Waals surface area (Å²) in [4.78, 5) is 4.21. The van der Waals surface area contributed by atoms with Crippen LogP contribution in [-0.2, 0) is 6.54 Å². The minimum Gasteiger partial charge on any atom is -0.439 e. The molecule has 1 aromatic heterocycles. The predicted molar refractivity (Wildman–Crippen MR) is 74.0 cm³/mol. The average molecular weight is 285 g/mol. The highest BCUT2D eigenvalue weighted by Crippen LogP contribution is 2.28. The summed E-state index contributed by atoms with van der Waals surface area (Å²) < 4.78 is 5.64. The number of nitrogens with zero attached hydrogens (tertiary/aromatic N) is 1. The standard InChI is InChI=1S/C13H14Cl2N2O/c1-2-5-16-8-13-17-7-12(18-13)9-3-4-10(14)11(15)6-9/h3-4,6-7,16H,2,5,8H2,1H3. The second-order valence-electron chi connectivity index (χ2n) is 3.92. The summed E-state index contributed by atoms with van der Waals surface area (Å²) >= 11 is 11.8. The molecule has 2 rings (SSSR count). The second-order valence-corrected chi connectivity index (χ2v) is 4.74. The molecule has 1 heterocycles. The maximum Gasteiger partial charge on any atom is 0.208 e. The first-order chi connectivity index (χ1) is 8.70. The van der Waals surface area contributed by atoms with E-state index in [0.717, 1.165) is 18.5 Å². The monoisotopic (exact) mass is 284 g/mol. The Balaban J connectivity index is 2.11. The lowest BCUT2D eigenvalue weighted by atomic mass is 10.2. The van der Waals surface area contributed by atoms with Gasteiger partial charge in [0, 0.05) is 5.56 Å². The number of hydrogen-bond acceptors (Lipinski definition) is 3. The number of hydrogen-bond donors (Lipinski definition) is 1. The molecule has 2 aromatic rings. The minimum atomic E-state index is 0.510. The molecular weight excluding hydrogens is 271 g/mol. The highest BCUT2D eigenvalue weighted by atomic mass is 35.5.